The second kappa shape index (κ2) is 5.31. The third-order valence-corrected chi connectivity index (χ3v) is 2.99. The summed E-state index contributed by atoms with van der Waals surface area (Å²) >= 11 is 0. The molecule has 2 aliphatic rings. The van der Waals surface area contributed by atoms with E-state index in [2.05, 4.69) is 0 Å². The average Bonchev–Trinajstić information content (AvgIpc) is 2.98. The van der Waals surface area contributed by atoms with E-state index in [9.17, 15) is 4.79 Å². The summed E-state index contributed by atoms with van der Waals surface area (Å²) in [5.41, 5.74) is 5.32. The van der Waals surface area contributed by atoms with Crippen LogP contribution < -0.4 is 5.73 Å². The average molecular weight is 251 g/mol. The standard InChI is InChI=1S/C10H18N2O3.ClH/c1-14-7-8-6-12(4-5-15-8)9(13)10(11)2-3-10;/h8H,2-7,11H2,1H3;1H. The number of amides is 1. The van der Waals surface area contributed by atoms with Gasteiger partial charge in [0.25, 0.3) is 0 Å². The lowest BCUT2D eigenvalue weighted by atomic mass is 10.2. The zero-order chi connectivity index (χ0) is 10.9. The maximum atomic E-state index is 11.9. The first kappa shape index (κ1) is 13.7. The fourth-order valence-corrected chi connectivity index (χ4v) is 1.85. The molecule has 0 aromatic rings. The number of hydrogen-bond donors (Lipinski definition) is 1. The molecule has 1 aliphatic heterocycles. The van der Waals surface area contributed by atoms with Gasteiger partial charge in [-0.3, -0.25) is 4.79 Å². The number of rotatable bonds is 3. The van der Waals surface area contributed by atoms with Gasteiger partial charge in [-0.2, -0.15) is 0 Å². The normalized spacial score (nSPS) is 27.1. The molecule has 1 aliphatic carbocycles. The molecule has 0 aromatic carbocycles. The van der Waals surface area contributed by atoms with Crippen molar-refractivity contribution in [3.63, 3.8) is 0 Å². The molecule has 1 amide bonds. The highest BCUT2D eigenvalue weighted by Gasteiger charge is 2.48. The number of morpholine rings is 1. The van der Waals surface area contributed by atoms with E-state index in [0.29, 0.717) is 26.3 Å². The molecule has 6 heteroatoms. The molecule has 16 heavy (non-hydrogen) atoms. The topological polar surface area (TPSA) is 64.8 Å². The lowest BCUT2D eigenvalue weighted by Crippen LogP contribution is -2.53. The Morgan fingerprint density at radius 3 is 2.88 bits per heavy atom. The van der Waals surface area contributed by atoms with Crippen molar-refractivity contribution in [1.29, 1.82) is 0 Å². The first-order valence-electron chi connectivity index (χ1n) is 5.34. The molecule has 94 valence electrons. The monoisotopic (exact) mass is 250 g/mol. The predicted molar refractivity (Wildman–Crippen MR) is 61.6 cm³/mol. The number of ether oxygens (including phenoxy) is 2. The molecular formula is C10H19ClN2O3. The van der Waals surface area contributed by atoms with Crippen molar-refractivity contribution in [2.45, 2.75) is 24.5 Å². The Balaban J connectivity index is 0.00000128. The second-order valence-electron chi connectivity index (χ2n) is 4.36. The molecule has 1 heterocycles. The number of nitrogens with zero attached hydrogens (tertiary/aromatic N) is 1. The van der Waals surface area contributed by atoms with Gasteiger partial charge in [0.05, 0.1) is 24.9 Å². The van der Waals surface area contributed by atoms with Gasteiger partial charge >= 0.3 is 0 Å². The number of methoxy groups -OCH3 is 1. The van der Waals surface area contributed by atoms with Gasteiger partial charge in [-0.25, -0.2) is 0 Å². The number of carbonyl (C=O) groups excluding carboxylic acids is 1. The Kier molecular flexibility index (Phi) is 4.55. The maximum absolute atomic E-state index is 11.9. The fourth-order valence-electron chi connectivity index (χ4n) is 1.85. The Hall–Kier alpha value is -0.360. The second-order valence-corrected chi connectivity index (χ2v) is 4.36. The molecule has 2 N–H and O–H groups in total. The lowest BCUT2D eigenvalue weighted by Gasteiger charge is -2.34. The van der Waals surface area contributed by atoms with Crippen molar-refractivity contribution in [3.05, 3.63) is 0 Å². The van der Waals surface area contributed by atoms with Gasteiger partial charge in [-0.15, -0.1) is 12.4 Å². The number of nitrogens with two attached hydrogens (primary N) is 1. The van der Waals surface area contributed by atoms with Gasteiger partial charge in [0.1, 0.15) is 0 Å². The van der Waals surface area contributed by atoms with Crippen LogP contribution in [0.4, 0.5) is 0 Å². The molecule has 1 atom stereocenters. The van der Waals surface area contributed by atoms with E-state index in [1.807, 2.05) is 0 Å². The van der Waals surface area contributed by atoms with E-state index in [1.165, 1.54) is 0 Å². The first-order valence-corrected chi connectivity index (χ1v) is 5.34. The molecule has 0 bridgehead atoms. The Morgan fingerprint density at radius 2 is 2.31 bits per heavy atom. The molecule has 0 spiro atoms. The maximum Gasteiger partial charge on any atom is 0.242 e. The van der Waals surface area contributed by atoms with Crippen molar-refractivity contribution in [3.8, 4) is 0 Å². The van der Waals surface area contributed by atoms with Crippen molar-refractivity contribution in [1.82, 2.24) is 4.90 Å². The van der Waals surface area contributed by atoms with Gasteiger partial charge in [0.15, 0.2) is 0 Å². The van der Waals surface area contributed by atoms with E-state index in [1.54, 1.807) is 12.0 Å². The third-order valence-electron chi connectivity index (χ3n) is 2.99. The van der Waals surface area contributed by atoms with E-state index in [4.69, 9.17) is 15.2 Å². The quantitative estimate of drug-likeness (QED) is 0.752. The van der Waals surface area contributed by atoms with Crippen LogP contribution in [-0.2, 0) is 14.3 Å². The van der Waals surface area contributed by atoms with Gasteiger partial charge in [0.2, 0.25) is 5.91 Å². The summed E-state index contributed by atoms with van der Waals surface area (Å²) in [4.78, 5) is 13.7. The van der Waals surface area contributed by atoms with Crippen LogP contribution in [0.15, 0.2) is 0 Å². The third kappa shape index (κ3) is 2.85. The minimum atomic E-state index is -0.561. The molecule has 5 nitrogen and oxygen atoms in total. The predicted octanol–water partition coefficient (Wildman–Crippen LogP) is -0.227. The summed E-state index contributed by atoms with van der Waals surface area (Å²) in [7, 11) is 1.63. The Morgan fingerprint density at radius 1 is 1.62 bits per heavy atom. The highest BCUT2D eigenvalue weighted by atomic mass is 35.5. The fraction of sp³-hybridized carbons (Fsp3) is 0.900. The summed E-state index contributed by atoms with van der Waals surface area (Å²) in [6.45, 7) is 2.36. The van der Waals surface area contributed by atoms with Crippen LogP contribution in [-0.4, -0.2) is 55.9 Å². The lowest BCUT2D eigenvalue weighted by molar-refractivity contribution is -0.143. The van der Waals surface area contributed by atoms with Crippen LogP contribution in [0.5, 0.6) is 0 Å². The molecule has 1 saturated carbocycles. The minimum absolute atomic E-state index is 0. The summed E-state index contributed by atoms with van der Waals surface area (Å²) in [6.07, 6.45) is 1.63. The van der Waals surface area contributed by atoms with Gasteiger partial charge in [-0.1, -0.05) is 0 Å². The Bertz CT molecular complexity index is 256. The number of hydrogen-bond acceptors (Lipinski definition) is 4. The van der Waals surface area contributed by atoms with E-state index in [0.717, 1.165) is 12.8 Å². The van der Waals surface area contributed by atoms with Crippen LogP contribution in [0, 0.1) is 0 Å². The smallest absolute Gasteiger partial charge is 0.242 e. The summed E-state index contributed by atoms with van der Waals surface area (Å²) < 4.78 is 10.5. The van der Waals surface area contributed by atoms with Crippen LogP contribution in [0.2, 0.25) is 0 Å². The van der Waals surface area contributed by atoms with Crippen LogP contribution in [0.1, 0.15) is 12.8 Å². The van der Waals surface area contributed by atoms with Crippen molar-refractivity contribution in [2.24, 2.45) is 5.73 Å². The molecule has 0 aromatic heterocycles. The largest absolute Gasteiger partial charge is 0.382 e. The summed E-state index contributed by atoms with van der Waals surface area (Å²) in [5, 5.41) is 0. The highest BCUT2D eigenvalue weighted by molar-refractivity contribution is 5.89. The molecule has 1 unspecified atom stereocenters. The molecular weight excluding hydrogens is 232 g/mol. The molecule has 2 rings (SSSR count). The Labute approximate surface area is 102 Å². The number of carbonyl (C=O) groups is 1. The zero-order valence-corrected chi connectivity index (χ0v) is 10.3. The van der Waals surface area contributed by atoms with E-state index < -0.39 is 5.54 Å². The van der Waals surface area contributed by atoms with Gasteiger partial charge in [0, 0.05) is 20.2 Å². The van der Waals surface area contributed by atoms with Gasteiger partial charge < -0.3 is 20.1 Å². The van der Waals surface area contributed by atoms with Crippen molar-refractivity contribution in [2.75, 3.05) is 33.4 Å². The zero-order valence-electron chi connectivity index (χ0n) is 9.48. The van der Waals surface area contributed by atoms with Crippen LogP contribution >= 0.6 is 12.4 Å². The number of halogens is 1. The molecule has 1 saturated heterocycles. The van der Waals surface area contributed by atoms with E-state index >= 15 is 0 Å². The van der Waals surface area contributed by atoms with Gasteiger partial charge in [-0.05, 0) is 12.8 Å². The first-order chi connectivity index (χ1) is 7.15. The SMILES string of the molecule is COCC1CN(C(=O)C2(N)CC2)CCO1.Cl. The van der Waals surface area contributed by atoms with Crippen molar-refractivity contribution >= 4 is 18.3 Å². The van der Waals surface area contributed by atoms with Crippen molar-refractivity contribution < 1.29 is 14.3 Å². The van der Waals surface area contributed by atoms with Crippen LogP contribution in [0.25, 0.3) is 0 Å². The molecule has 0 radical (unpaired) electrons. The molecule has 2 fully saturated rings. The summed E-state index contributed by atoms with van der Waals surface area (Å²) in [5.74, 6) is 0.0758. The summed E-state index contributed by atoms with van der Waals surface area (Å²) in [6, 6.07) is 0. The van der Waals surface area contributed by atoms with E-state index in [-0.39, 0.29) is 24.4 Å². The highest BCUT2D eigenvalue weighted by Crippen LogP contribution is 2.34. The minimum Gasteiger partial charge on any atom is -0.382 e. The van der Waals surface area contributed by atoms with Crippen LogP contribution in [0.3, 0.4) is 0 Å².